The number of carbonyl (C=O) groups excluding carboxylic acids is 2. The first-order valence-electron chi connectivity index (χ1n) is 8.47. The molecule has 1 amide bonds. The van der Waals surface area contributed by atoms with Crippen molar-refractivity contribution in [2.45, 2.75) is 26.2 Å². The Balaban J connectivity index is 1.53. The van der Waals surface area contributed by atoms with Crippen molar-refractivity contribution in [3.05, 3.63) is 51.5 Å². The predicted octanol–water partition coefficient (Wildman–Crippen LogP) is 2.52. The van der Waals surface area contributed by atoms with Gasteiger partial charge in [0.25, 0.3) is 5.56 Å². The molecule has 0 bridgehead atoms. The second kappa shape index (κ2) is 8.54. The molecule has 27 heavy (non-hydrogen) atoms. The third-order valence-electron chi connectivity index (χ3n) is 3.71. The molecule has 0 radical (unpaired) electrons. The molecular weight excluding hydrogens is 368 g/mol. The number of aromatic amines is 1. The maximum atomic E-state index is 12.0. The van der Waals surface area contributed by atoms with E-state index in [-0.39, 0.29) is 30.2 Å². The maximum Gasteiger partial charge on any atom is 0.357 e. The molecule has 0 aliphatic heterocycles. The van der Waals surface area contributed by atoms with Crippen molar-refractivity contribution >= 4 is 39.2 Å². The standard InChI is InChI=1S/C18H18N4O4S/c1-2-26-17(25)13-10-27-18(20-13)22-15(23)9-5-8-14-19-12-7-4-3-6-11(12)16(24)21-14/h3-4,6-7,10H,2,5,8-9H2,1H3,(H,19,21,24)(H,20,22,23). The SMILES string of the molecule is CCOC(=O)c1csc(NC(=O)CCCc2nc3ccccc3c(=O)[nH]2)n1. The average molecular weight is 386 g/mol. The molecular formula is C18H18N4O4S. The van der Waals surface area contributed by atoms with E-state index in [1.807, 2.05) is 6.07 Å². The summed E-state index contributed by atoms with van der Waals surface area (Å²) in [5, 5.41) is 5.08. The number of fused-ring (bicyclic) bond motifs is 1. The first-order chi connectivity index (χ1) is 13.1. The number of benzene rings is 1. The average Bonchev–Trinajstić information content (AvgIpc) is 3.10. The number of ether oxygens (including phenoxy) is 1. The second-order valence-corrected chi connectivity index (χ2v) is 6.55. The lowest BCUT2D eigenvalue weighted by Crippen LogP contribution is -2.14. The fourth-order valence-corrected chi connectivity index (χ4v) is 3.18. The fourth-order valence-electron chi connectivity index (χ4n) is 2.48. The number of hydrogen-bond donors (Lipinski definition) is 2. The van der Waals surface area contributed by atoms with Crippen molar-refractivity contribution in [3.8, 4) is 0 Å². The Kier molecular flexibility index (Phi) is 5.92. The number of nitrogens with one attached hydrogen (secondary N) is 2. The van der Waals surface area contributed by atoms with E-state index in [4.69, 9.17) is 4.74 Å². The van der Waals surface area contributed by atoms with Crippen LogP contribution in [0.3, 0.4) is 0 Å². The molecule has 0 aliphatic carbocycles. The van der Waals surface area contributed by atoms with Crippen LogP contribution in [0.1, 0.15) is 36.1 Å². The van der Waals surface area contributed by atoms with Crippen LogP contribution in [0.2, 0.25) is 0 Å². The summed E-state index contributed by atoms with van der Waals surface area (Å²) in [5.41, 5.74) is 0.624. The number of amides is 1. The number of nitrogens with zero attached hydrogens (tertiary/aromatic N) is 2. The van der Waals surface area contributed by atoms with Crippen molar-refractivity contribution in [2.24, 2.45) is 0 Å². The van der Waals surface area contributed by atoms with Crippen LogP contribution in [0.15, 0.2) is 34.4 Å². The molecule has 0 fully saturated rings. The van der Waals surface area contributed by atoms with Gasteiger partial charge in [0.05, 0.1) is 17.5 Å². The summed E-state index contributed by atoms with van der Waals surface area (Å²) in [6.07, 6.45) is 1.23. The van der Waals surface area contributed by atoms with Crippen LogP contribution < -0.4 is 10.9 Å². The molecule has 2 heterocycles. The fraction of sp³-hybridized carbons (Fsp3) is 0.278. The Labute approximate surface area is 158 Å². The topological polar surface area (TPSA) is 114 Å². The highest BCUT2D eigenvalue weighted by Crippen LogP contribution is 2.16. The van der Waals surface area contributed by atoms with E-state index in [1.54, 1.807) is 25.1 Å². The molecule has 8 nitrogen and oxygen atoms in total. The molecule has 2 N–H and O–H groups in total. The van der Waals surface area contributed by atoms with Gasteiger partial charge in [-0.3, -0.25) is 9.59 Å². The monoisotopic (exact) mass is 386 g/mol. The van der Waals surface area contributed by atoms with Crippen molar-refractivity contribution < 1.29 is 14.3 Å². The highest BCUT2D eigenvalue weighted by Gasteiger charge is 2.13. The van der Waals surface area contributed by atoms with Crippen LogP contribution in [-0.2, 0) is 16.0 Å². The van der Waals surface area contributed by atoms with Crippen LogP contribution >= 0.6 is 11.3 Å². The number of para-hydroxylation sites is 1. The maximum absolute atomic E-state index is 12.0. The first kappa shape index (κ1) is 18.7. The summed E-state index contributed by atoms with van der Waals surface area (Å²) in [7, 11) is 0. The van der Waals surface area contributed by atoms with Gasteiger partial charge in [-0.25, -0.2) is 14.8 Å². The van der Waals surface area contributed by atoms with Gasteiger partial charge in [-0.15, -0.1) is 11.3 Å². The van der Waals surface area contributed by atoms with Crippen molar-refractivity contribution in [2.75, 3.05) is 11.9 Å². The van der Waals surface area contributed by atoms with Crippen LogP contribution in [0.25, 0.3) is 10.9 Å². The minimum absolute atomic E-state index is 0.176. The Hall–Kier alpha value is -3.07. The number of aromatic nitrogens is 3. The van der Waals surface area contributed by atoms with Crippen molar-refractivity contribution in [3.63, 3.8) is 0 Å². The van der Waals surface area contributed by atoms with Gasteiger partial charge in [-0.1, -0.05) is 12.1 Å². The second-order valence-electron chi connectivity index (χ2n) is 5.69. The molecule has 0 atom stereocenters. The number of carbonyl (C=O) groups is 2. The summed E-state index contributed by atoms with van der Waals surface area (Å²) in [5.74, 6) is -0.186. The quantitative estimate of drug-likeness (QED) is 0.603. The molecule has 0 saturated carbocycles. The summed E-state index contributed by atoms with van der Waals surface area (Å²) in [4.78, 5) is 46.8. The van der Waals surface area contributed by atoms with Gasteiger partial charge < -0.3 is 15.0 Å². The lowest BCUT2D eigenvalue weighted by molar-refractivity contribution is -0.116. The largest absolute Gasteiger partial charge is 0.461 e. The summed E-state index contributed by atoms with van der Waals surface area (Å²) < 4.78 is 4.86. The molecule has 0 saturated heterocycles. The first-order valence-corrected chi connectivity index (χ1v) is 9.35. The minimum atomic E-state index is -0.513. The van der Waals surface area contributed by atoms with Gasteiger partial charge in [0, 0.05) is 18.2 Å². The number of esters is 1. The molecule has 0 aliphatic rings. The van der Waals surface area contributed by atoms with Crippen LogP contribution in [0.4, 0.5) is 5.13 Å². The normalized spacial score (nSPS) is 10.7. The number of anilines is 1. The number of hydrogen-bond acceptors (Lipinski definition) is 7. The number of H-pyrrole nitrogens is 1. The summed E-state index contributed by atoms with van der Waals surface area (Å²) in [6, 6.07) is 7.11. The lowest BCUT2D eigenvalue weighted by Gasteiger charge is -2.03. The van der Waals surface area contributed by atoms with Gasteiger partial charge in [0.15, 0.2) is 10.8 Å². The zero-order valence-corrected chi connectivity index (χ0v) is 15.5. The Bertz CT molecular complexity index is 1030. The Morgan fingerprint density at radius 2 is 2.07 bits per heavy atom. The van der Waals surface area contributed by atoms with E-state index in [1.165, 1.54) is 5.38 Å². The number of thiazole rings is 1. The highest BCUT2D eigenvalue weighted by molar-refractivity contribution is 7.14. The molecule has 9 heteroatoms. The van der Waals surface area contributed by atoms with E-state index in [0.717, 1.165) is 11.3 Å². The third-order valence-corrected chi connectivity index (χ3v) is 4.47. The zero-order chi connectivity index (χ0) is 19.2. The number of rotatable bonds is 7. The van der Waals surface area contributed by atoms with E-state index < -0.39 is 5.97 Å². The number of aryl methyl sites for hydroxylation is 1. The minimum Gasteiger partial charge on any atom is -0.461 e. The molecule has 3 aromatic rings. The Morgan fingerprint density at radius 1 is 1.26 bits per heavy atom. The molecule has 3 rings (SSSR count). The van der Waals surface area contributed by atoms with Gasteiger partial charge in [0.2, 0.25) is 5.91 Å². The highest BCUT2D eigenvalue weighted by atomic mass is 32.1. The van der Waals surface area contributed by atoms with E-state index >= 15 is 0 Å². The summed E-state index contributed by atoms with van der Waals surface area (Å²) in [6.45, 7) is 1.98. The summed E-state index contributed by atoms with van der Waals surface area (Å²) >= 11 is 1.16. The van der Waals surface area contributed by atoms with Gasteiger partial charge >= 0.3 is 5.97 Å². The molecule has 140 valence electrons. The molecule has 2 aromatic heterocycles. The molecule has 1 aromatic carbocycles. The third kappa shape index (κ3) is 4.76. The lowest BCUT2D eigenvalue weighted by atomic mass is 10.2. The van der Waals surface area contributed by atoms with Crippen molar-refractivity contribution in [1.29, 1.82) is 0 Å². The van der Waals surface area contributed by atoms with Crippen molar-refractivity contribution in [1.82, 2.24) is 15.0 Å². The van der Waals surface area contributed by atoms with Gasteiger partial charge in [-0.2, -0.15) is 0 Å². The van der Waals surface area contributed by atoms with Gasteiger partial charge in [0.1, 0.15) is 5.82 Å². The van der Waals surface area contributed by atoms with E-state index in [0.29, 0.717) is 34.7 Å². The van der Waals surface area contributed by atoms with Crippen LogP contribution in [0.5, 0.6) is 0 Å². The van der Waals surface area contributed by atoms with Crippen LogP contribution in [-0.4, -0.2) is 33.4 Å². The Morgan fingerprint density at radius 3 is 2.89 bits per heavy atom. The zero-order valence-electron chi connectivity index (χ0n) is 14.7. The van der Waals surface area contributed by atoms with Gasteiger partial charge in [-0.05, 0) is 25.5 Å². The van der Waals surface area contributed by atoms with E-state index in [9.17, 15) is 14.4 Å². The molecule has 0 spiro atoms. The van der Waals surface area contributed by atoms with E-state index in [2.05, 4.69) is 20.3 Å². The molecule has 0 unspecified atom stereocenters. The predicted molar refractivity (Wildman–Crippen MR) is 102 cm³/mol. The smallest absolute Gasteiger partial charge is 0.357 e. The van der Waals surface area contributed by atoms with Crippen LogP contribution in [0, 0.1) is 0 Å².